The van der Waals surface area contributed by atoms with E-state index in [1.807, 2.05) is 20.8 Å². The number of nitrogens with two attached hydrogens (primary N) is 1. The van der Waals surface area contributed by atoms with E-state index in [2.05, 4.69) is 0 Å². The topological polar surface area (TPSA) is 114 Å². The molecule has 17 heavy (non-hydrogen) atoms. The minimum Gasteiger partial charge on any atom is -0.870 e. The standard InChI is InChI=1S/C9H23NO3Si.Mg.2H2O/c1-4-11-14(12-5-2,13-6-3)9-7-8-10;;;/h4-10H2,1-3H3;;2*1H2/q;+2;;/p-2. The maximum absolute atomic E-state index is 5.65. The molecule has 0 aromatic heterocycles. The summed E-state index contributed by atoms with van der Waals surface area (Å²) in [6.07, 6.45) is 0.895. The van der Waals surface area contributed by atoms with Gasteiger partial charge in [-0.3, -0.25) is 0 Å². The number of hydrogen-bond donors (Lipinski definition) is 1. The third-order valence-corrected chi connectivity index (χ3v) is 4.93. The Balaban J connectivity index is -0.000000282. The zero-order valence-corrected chi connectivity index (χ0v) is 13.6. The van der Waals surface area contributed by atoms with Crippen LogP contribution < -0.4 is 5.73 Å². The van der Waals surface area contributed by atoms with E-state index in [-0.39, 0.29) is 34.0 Å². The van der Waals surface area contributed by atoms with Gasteiger partial charge in [-0.1, -0.05) is 0 Å². The first kappa shape index (κ1) is 26.3. The third-order valence-electron chi connectivity index (χ3n) is 1.78. The average Bonchev–Trinajstić information content (AvgIpc) is 2.16. The Kier molecular flexibility index (Phi) is 25.9. The Morgan fingerprint density at radius 1 is 0.882 bits per heavy atom. The Bertz CT molecular complexity index is 128. The van der Waals surface area contributed by atoms with E-state index < -0.39 is 8.80 Å². The van der Waals surface area contributed by atoms with Crippen LogP contribution in [-0.2, 0) is 13.3 Å². The molecule has 6 nitrogen and oxygen atoms in total. The van der Waals surface area contributed by atoms with Crippen molar-refractivity contribution in [1.82, 2.24) is 0 Å². The molecule has 0 aliphatic rings. The summed E-state index contributed by atoms with van der Waals surface area (Å²) < 4.78 is 17.0. The van der Waals surface area contributed by atoms with E-state index in [0.717, 1.165) is 12.5 Å². The summed E-state index contributed by atoms with van der Waals surface area (Å²) in [5.74, 6) is 0. The average molecular weight is 280 g/mol. The predicted octanol–water partition coefficient (Wildman–Crippen LogP) is 0.649. The van der Waals surface area contributed by atoms with Crippen molar-refractivity contribution in [1.29, 1.82) is 0 Å². The summed E-state index contributed by atoms with van der Waals surface area (Å²) in [5.41, 5.74) is 5.48. The molecule has 0 aliphatic heterocycles. The van der Waals surface area contributed by atoms with Crippen LogP contribution in [0.3, 0.4) is 0 Å². The van der Waals surface area contributed by atoms with E-state index >= 15 is 0 Å². The van der Waals surface area contributed by atoms with E-state index in [9.17, 15) is 0 Å². The molecule has 0 fully saturated rings. The van der Waals surface area contributed by atoms with Crippen LogP contribution in [0.15, 0.2) is 0 Å². The molecule has 0 heterocycles. The number of hydrogen-bond acceptors (Lipinski definition) is 6. The Morgan fingerprint density at radius 2 is 1.24 bits per heavy atom. The van der Waals surface area contributed by atoms with Crippen molar-refractivity contribution in [3.63, 3.8) is 0 Å². The first-order chi connectivity index (χ1) is 6.74. The maximum atomic E-state index is 5.65. The molecule has 8 heteroatoms. The van der Waals surface area contributed by atoms with Crippen molar-refractivity contribution in [3.05, 3.63) is 0 Å². The fourth-order valence-corrected chi connectivity index (χ4v) is 3.96. The second kappa shape index (κ2) is 16.7. The van der Waals surface area contributed by atoms with E-state index in [1.165, 1.54) is 0 Å². The Morgan fingerprint density at radius 3 is 1.47 bits per heavy atom. The van der Waals surface area contributed by atoms with Gasteiger partial charge in [0.15, 0.2) is 0 Å². The summed E-state index contributed by atoms with van der Waals surface area (Å²) in [4.78, 5) is 0. The zero-order chi connectivity index (χ0) is 10.9. The maximum Gasteiger partial charge on any atom is 2.00 e. The van der Waals surface area contributed by atoms with Gasteiger partial charge in [0.25, 0.3) is 0 Å². The normalized spacial score (nSPS) is 9.88. The third kappa shape index (κ3) is 11.6. The van der Waals surface area contributed by atoms with Gasteiger partial charge in [-0.05, 0) is 33.7 Å². The van der Waals surface area contributed by atoms with Gasteiger partial charge in [-0.25, -0.2) is 0 Å². The molecular formula is C9H25MgNO5Si. The zero-order valence-electron chi connectivity index (χ0n) is 11.1. The summed E-state index contributed by atoms with van der Waals surface area (Å²) >= 11 is 0. The van der Waals surface area contributed by atoms with Crippen LogP contribution in [0.25, 0.3) is 0 Å². The second-order valence-corrected chi connectivity index (χ2v) is 5.61. The largest absolute Gasteiger partial charge is 2.00 e. The van der Waals surface area contributed by atoms with Gasteiger partial charge < -0.3 is 30.0 Å². The van der Waals surface area contributed by atoms with Gasteiger partial charge in [0, 0.05) is 25.9 Å². The Hall–Kier alpha value is 0.743. The minimum atomic E-state index is -2.40. The van der Waals surface area contributed by atoms with Crippen molar-refractivity contribution in [2.75, 3.05) is 26.4 Å². The van der Waals surface area contributed by atoms with Crippen molar-refractivity contribution in [2.45, 2.75) is 33.2 Å². The summed E-state index contributed by atoms with van der Waals surface area (Å²) in [6, 6.07) is 0.818. The molecule has 0 saturated carbocycles. The van der Waals surface area contributed by atoms with Crippen LogP contribution in [0.2, 0.25) is 6.04 Å². The molecule has 0 amide bonds. The van der Waals surface area contributed by atoms with Crippen molar-refractivity contribution in [2.24, 2.45) is 5.73 Å². The summed E-state index contributed by atoms with van der Waals surface area (Å²) in [6.45, 7) is 8.44. The van der Waals surface area contributed by atoms with Crippen LogP contribution >= 0.6 is 0 Å². The summed E-state index contributed by atoms with van der Waals surface area (Å²) in [7, 11) is -2.40. The summed E-state index contributed by atoms with van der Waals surface area (Å²) in [5, 5.41) is 0. The Labute approximate surface area is 121 Å². The van der Waals surface area contributed by atoms with Crippen LogP contribution in [0, 0.1) is 0 Å². The van der Waals surface area contributed by atoms with Crippen molar-refractivity contribution >= 4 is 31.9 Å². The molecule has 0 bridgehead atoms. The molecule has 0 spiro atoms. The van der Waals surface area contributed by atoms with E-state index in [1.54, 1.807) is 0 Å². The van der Waals surface area contributed by atoms with Crippen molar-refractivity contribution < 1.29 is 24.2 Å². The van der Waals surface area contributed by atoms with Crippen molar-refractivity contribution in [3.8, 4) is 0 Å². The second-order valence-electron chi connectivity index (χ2n) is 2.87. The van der Waals surface area contributed by atoms with Gasteiger partial charge in [0.2, 0.25) is 0 Å². The first-order valence-electron chi connectivity index (χ1n) is 5.36. The quantitative estimate of drug-likeness (QED) is 0.620. The minimum absolute atomic E-state index is 0. The molecular weight excluding hydrogens is 254 g/mol. The van der Waals surface area contributed by atoms with Crippen LogP contribution in [0.5, 0.6) is 0 Å². The van der Waals surface area contributed by atoms with Crippen LogP contribution in [0.1, 0.15) is 27.2 Å². The smallest absolute Gasteiger partial charge is 0.870 e. The van der Waals surface area contributed by atoms with Gasteiger partial charge in [-0.15, -0.1) is 0 Å². The van der Waals surface area contributed by atoms with Gasteiger partial charge >= 0.3 is 31.9 Å². The van der Waals surface area contributed by atoms with Gasteiger partial charge in [0.05, 0.1) is 0 Å². The van der Waals surface area contributed by atoms with E-state index in [0.29, 0.717) is 26.4 Å². The first-order valence-corrected chi connectivity index (χ1v) is 7.29. The molecule has 0 rings (SSSR count). The molecule has 0 aliphatic carbocycles. The molecule has 4 N–H and O–H groups in total. The predicted molar refractivity (Wildman–Crippen MR) is 68.7 cm³/mol. The molecule has 0 radical (unpaired) electrons. The monoisotopic (exact) mass is 279 g/mol. The molecule has 0 saturated heterocycles. The molecule has 0 aromatic rings. The van der Waals surface area contributed by atoms with E-state index in [4.69, 9.17) is 19.0 Å². The molecule has 102 valence electrons. The molecule has 0 aromatic carbocycles. The van der Waals surface area contributed by atoms with Crippen LogP contribution in [-0.4, -0.2) is 69.2 Å². The molecule has 0 atom stereocenters. The SMILES string of the molecule is CCO[Si](CCCN)(OCC)OCC.[Mg+2].[OH-].[OH-]. The molecule has 0 unspecified atom stereocenters. The van der Waals surface area contributed by atoms with Gasteiger partial charge in [-0.2, -0.15) is 0 Å². The number of rotatable bonds is 9. The van der Waals surface area contributed by atoms with Gasteiger partial charge in [0.1, 0.15) is 0 Å². The fourth-order valence-electron chi connectivity index (χ4n) is 1.32. The fraction of sp³-hybridized carbons (Fsp3) is 1.00. The van der Waals surface area contributed by atoms with Crippen LogP contribution in [0.4, 0.5) is 0 Å².